The molecule has 4 rings (SSSR count). The molecule has 0 saturated carbocycles. The molecule has 3 aliphatic heterocycles. The molecule has 1 unspecified atom stereocenters. The number of hydrogen-bond acceptors (Lipinski definition) is 5. The molecule has 0 spiro atoms. The Morgan fingerprint density at radius 2 is 2.00 bits per heavy atom. The number of halogens is 1. The average molecular weight is 387 g/mol. The van der Waals surface area contributed by atoms with Crippen LogP contribution in [-0.2, 0) is 0 Å². The number of aryl methyl sites for hydroxylation is 1. The highest BCUT2D eigenvalue weighted by Gasteiger charge is 2.34. The van der Waals surface area contributed by atoms with E-state index in [1.165, 1.54) is 13.1 Å². The van der Waals surface area contributed by atoms with Crippen LogP contribution in [0.15, 0.2) is 0 Å². The fraction of sp³-hybridized carbons (Fsp3) is 0.714. The number of piperazine rings is 3. The summed E-state index contributed by atoms with van der Waals surface area (Å²) in [4.78, 5) is 14.6. The Bertz CT molecular complexity index is 485. The van der Waals surface area contributed by atoms with Crippen LogP contribution in [0.25, 0.3) is 0 Å². The van der Waals surface area contributed by atoms with Gasteiger partial charge in [0.2, 0.25) is 0 Å². The molecular formula is C14H22IN5. The van der Waals surface area contributed by atoms with Gasteiger partial charge in [-0.05, 0) is 35.9 Å². The number of nitrogens with zero attached hydrogens (tertiary/aromatic N) is 4. The van der Waals surface area contributed by atoms with E-state index < -0.39 is 0 Å². The molecule has 0 radical (unpaired) electrons. The molecule has 3 aliphatic rings. The second-order valence-corrected chi connectivity index (χ2v) is 6.69. The normalized spacial score (nSPS) is 28.6. The molecule has 6 heteroatoms. The zero-order chi connectivity index (χ0) is 14.1. The lowest BCUT2D eigenvalue weighted by Gasteiger charge is -2.46. The third-order valence-electron chi connectivity index (χ3n) is 4.15. The molecule has 2 bridgehead atoms. The van der Waals surface area contributed by atoms with E-state index >= 15 is 0 Å². The Morgan fingerprint density at radius 1 is 1.25 bits per heavy atom. The van der Waals surface area contributed by atoms with Gasteiger partial charge in [-0.25, -0.2) is 9.97 Å². The lowest BCUT2D eigenvalue weighted by Crippen LogP contribution is -2.57. The molecule has 0 amide bonds. The van der Waals surface area contributed by atoms with Crippen molar-refractivity contribution in [3.8, 4) is 0 Å². The number of anilines is 1. The molecule has 3 saturated heterocycles. The second kappa shape index (κ2) is 6.11. The molecule has 0 aliphatic carbocycles. The third-order valence-corrected chi connectivity index (χ3v) is 5.44. The highest BCUT2D eigenvalue weighted by Crippen LogP contribution is 2.29. The van der Waals surface area contributed by atoms with Crippen LogP contribution in [0.4, 0.5) is 5.82 Å². The minimum Gasteiger partial charge on any atom is -0.369 e. The number of nitrogens with one attached hydrogen (secondary N) is 1. The minimum absolute atomic E-state index is 0.371. The summed E-state index contributed by atoms with van der Waals surface area (Å²) in [6.07, 6.45) is 1.11. The Labute approximate surface area is 134 Å². The summed E-state index contributed by atoms with van der Waals surface area (Å²) in [6.45, 7) is 11.0. The van der Waals surface area contributed by atoms with E-state index in [-0.39, 0.29) is 0 Å². The molecule has 110 valence electrons. The molecule has 1 aromatic rings. The van der Waals surface area contributed by atoms with Crippen LogP contribution in [-0.4, -0.2) is 59.0 Å². The molecule has 3 fully saturated rings. The number of hydrogen-bond donors (Lipinski definition) is 1. The Hall–Kier alpha value is -0.470. The van der Waals surface area contributed by atoms with Gasteiger partial charge in [-0.1, -0.05) is 6.92 Å². The fourth-order valence-corrected chi connectivity index (χ4v) is 3.38. The molecule has 0 aromatic carbocycles. The predicted octanol–water partition coefficient (Wildman–Crippen LogP) is 1.88. The summed E-state index contributed by atoms with van der Waals surface area (Å²) in [5, 5.41) is 3.44. The summed E-state index contributed by atoms with van der Waals surface area (Å²) in [7, 11) is 0. The van der Waals surface area contributed by atoms with Gasteiger partial charge in [0.15, 0.2) is 0 Å². The average Bonchev–Trinajstić information content (AvgIpc) is 2.49. The SMILES string of the molecule is CCCNc1nc(C2CN3CCN2CC3)nc(C)c1I. The van der Waals surface area contributed by atoms with E-state index in [2.05, 4.69) is 51.6 Å². The van der Waals surface area contributed by atoms with Gasteiger partial charge in [0.05, 0.1) is 15.3 Å². The first-order valence-corrected chi connectivity index (χ1v) is 8.51. The van der Waals surface area contributed by atoms with Gasteiger partial charge in [-0.2, -0.15) is 0 Å². The highest BCUT2D eigenvalue weighted by atomic mass is 127. The van der Waals surface area contributed by atoms with Crippen LogP contribution in [0.2, 0.25) is 0 Å². The van der Waals surface area contributed by atoms with Gasteiger partial charge in [0, 0.05) is 39.3 Å². The molecule has 1 aromatic heterocycles. The number of fused-ring (bicyclic) bond motifs is 3. The van der Waals surface area contributed by atoms with Crippen LogP contribution in [0.1, 0.15) is 30.9 Å². The topological polar surface area (TPSA) is 44.3 Å². The molecule has 4 heterocycles. The minimum atomic E-state index is 0.371. The van der Waals surface area contributed by atoms with Crippen molar-refractivity contribution in [2.45, 2.75) is 26.3 Å². The maximum atomic E-state index is 4.82. The van der Waals surface area contributed by atoms with Gasteiger partial charge >= 0.3 is 0 Å². The molecule has 5 nitrogen and oxygen atoms in total. The zero-order valence-corrected chi connectivity index (χ0v) is 14.4. The smallest absolute Gasteiger partial charge is 0.149 e. The maximum Gasteiger partial charge on any atom is 0.149 e. The number of aromatic nitrogens is 2. The summed E-state index contributed by atoms with van der Waals surface area (Å²) in [6, 6.07) is 0.371. The van der Waals surface area contributed by atoms with Gasteiger partial charge in [-0.3, -0.25) is 9.80 Å². The molecular weight excluding hydrogens is 365 g/mol. The summed E-state index contributed by atoms with van der Waals surface area (Å²) in [5.41, 5.74) is 1.09. The standard InChI is InChI=1S/C14H22IN5/c1-3-4-16-14-12(15)10(2)17-13(18-14)11-9-19-5-7-20(11)8-6-19/h11H,3-9H2,1-2H3,(H,16,17,18). The van der Waals surface area contributed by atoms with Crippen molar-refractivity contribution in [1.29, 1.82) is 0 Å². The molecule has 1 N–H and O–H groups in total. The van der Waals surface area contributed by atoms with Crippen molar-refractivity contribution >= 4 is 28.4 Å². The van der Waals surface area contributed by atoms with E-state index in [9.17, 15) is 0 Å². The van der Waals surface area contributed by atoms with E-state index in [1.54, 1.807) is 0 Å². The third kappa shape index (κ3) is 2.78. The van der Waals surface area contributed by atoms with E-state index in [0.717, 1.165) is 53.5 Å². The Kier molecular flexibility index (Phi) is 4.42. The van der Waals surface area contributed by atoms with Crippen molar-refractivity contribution in [3.63, 3.8) is 0 Å². The lowest BCUT2D eigenvalue weighted by molar-refractivity contribution is 0.00862. The van der Waals surface area contributed by atoms with Crippen LogP contribution in [0.3, 0.4) is 0 Å². The van der Waals surface area contributed by atoms with Crippen molar-refractivity contribution in [3.05, 3.63) is 15.1 Å². The zero-order valence-electron chi connectivity index (χ0n) is 12.2. The summed E-state index contributed by atoms with van der Waals surface area (Å²) >= 11 is 2.34. The first-order chi connectivity index (χ1) is 9.69. The van der Waals surface area contributed by atoms with Crippen LogP contribution >= 0.6 is 22.6 Å². The quantitative estimate of drug-likeness (QED) is 0.800. The van der Waals surface area contributed by atoms with Gasteiger partial charge < -0.3 is 5.32 Å². The van der Waals surface area contributed by atoms with Crippen molar-refractivity contribution in [2.75, 3.05) is 44.6 Å². The molecule has 1 atom stereocenters. The summed E-state index contributed by atoms with van der Waals surface area (Å²) < 4.78 is 1.15. The van der Waals surface area contributed by atoms with E-state index in [1.807, 2.05) is 0 Å². The van der Waals surface area contributed by atoms with Crippen molar-refractivity contribution in [1.82, 2.24) is 19.8 Å². The van der Waals surface area contributed by atoms with Gasteiger partial charge in [-0.15, -0.1) is 0 Å². The fourth-order valence-electron chi connectivity index (χ4n) is 2.95. The predicted molar refractivity (Wildman–Crippen MR) is 89.0 cm³/mol. The largest absolute Gasteiger partial charge is 0.369 e. The summed E-state index contributed by atoms with van der Waals surface area (Å²) in [5.74, 6) is 2.00. The van der Waals surface area contributed by atoms with Crippen molar-refractivity contribution in [2.24, 2.45) is 0 Å². The second-order valence-electron chi connectivity index (χ2n) is 5.61. The highest BCUT2D eigenvalue weighted by molar-refractivity contribution is 14.1. The Morgan fingerprint density at radius 3 is 2.60 bits per heavy atom. The van der Waals surface area contributed by atoms with Crippen LogP contribution in [0, 0.1) is 10.5 Å². The van der Waals surface area contributed by atoms with Crippen LogP contribution < -0.4 is 5.32 Å². The van der Waals surface area contributed by atoms with E-state index in [0.29, 0.717) is 6.04 Å². The van der Waals surface area contributed by atoms with Gasteiger partial charge in [0.25, 0.3) is 0 Å². The first-order valence-electron chi connectivity index (χ1n) is 7.43. The molecule has 20 heavy (non-hydrogen) atoms. The first kappa shape index (κ1) is 14.5. The lowest BCUT2D eigenvalue weighted by atomic mass is 10.1. The van der Waals surface area contributed by atoms with E-state index in [4.69, 9.17) is 9.97 Å². The number of rotatable bonds is 4. The monoisotopic (exact) mass is 387 g/mol. The van der Waals surface area contributed by atoms with Crippen LogP contribution in [0.5, 0.6) is 0 Å². The Balaban J connectivity index is 1.87. The van der Waals surface area contributed by atoms with Gasteiger partial charge in [0.1, 0.15) is 11.6 Å². The van der Waals surface area contributed by atoms with Crippen molar-refractivity contribution < 1.29 is 0 Å². The maximum absolute atomic E-state index is 4.82.